The van der Waals surface area contributed by atoms with Crippen molar-refractivity contribution in [1.82, 2.24) is 10.6 Å². The van der Waals surface area contributed by atoms with Crippen molar-refractivity contribution in [3.8, 4) is 0 Å². The zero-order valence-electron chi connectivity index (χ0n) is 9.59. The topological polar surface area (TPSA) is 41.1 Å². The molecular weight excluding hydrogens is 224 g/mol. The minimum atomic E-state index is -0.0111. The van der Waals surface area contributed by atoms with Crippen LogP contribution in [0.5, 0.6) is 0 Å². The van der Waals surface area contributed by atoms with Gasteiger partial charge in [0.25, 0.3) is 0 Å². The maximum atomic E-state index is 11.5. The Hall–Kier alpha value is -1.06. The van der Waals surface area contributed by atoms with Crippen LogP contribution in [0.3, 0.4) is 0 Å². The van der Waals surface area contributed by atoms with E-state index in [0.717, 1.165) is 5.56 Å². The Balaban J connectivity index is 2.52. The number of carbonyl (C=O) groups is 1. The molecule has 16 heavy (non-hydrogen) atoms. The molecule has 0 aliphatic heterocycles. The highest BCUT2D eigenvalue weighted by molar-refractivity contribution is 6.30. The van der Waals surface area contributed by atoms with E-state index in [2.05, 4.69) is 10.6 Å². The van der Waals surface area contributed by atoms with E-state index in [0.29, 0.717) is 18.0 Å². The molecular formula is C12H17ClN2O. The predicted molar refractivity (Wildman–Crippen MR) is 66.6 cm³/mol. The molecule has 0 radical (unpaired) electrons. The summed E-state index contributed by atoms with van der Waals surface area (Å²) in [5, 5.41) is 6.55. The van der Waals surface area contributed by atoms with Gasteiger partial charge < -0.3 is 10.6 Å². The van der Waals surface area contributed by atoms with Gasteiger partial charge in [-0.1, -0.05) is 23.7 Å². The summed E-state index contributed by atoms with van der Waals surface area (Å²) < 4.78 is 0. The van der Waals surface area contributed by atoms with Crippen molar-refractivity contribution in [1.29, 1.82) is 0 Å². The fraction of sp³-hybridized carbons (Fsp3) is 0.417. The molecule has 0 fully saturated rings. The highest BCUT2D eigenvalue weighted by atomic mass is 35.5. The number of hydrogen-bond acceptors (Lipinski definition) is 2. The normalized spacial score (nSPS) is 12.2. The molecule has 1 aromatic rings. The van der Waals surface area contributed by atoms with E-state index < -0.39 is 0 Å². The second-order valence-corrected chi connectivity index (χ2v) is 4.13. The summed E-state index contributed by atoms with van der Waals surface area (Å²) >= 11 is 5.89. The summed E-state index contributed by atoms with van der Waals surface area (Å²) in [4.78, 5) is 11.5. The SMILES string of the molecule is CNCCC(=O)N[C@@H](C)c1cccc(Cl)c1. The summed E-state index contributed by atoms with van der Waals surface area (Å²) in [7, 11) is 1.83. The first-order valence-corrected chi connectivity index (χ1v) is 5.70. The number of benzene rings is 1. The first-order valence-electron chi connectivity index (χ1n) is 5.33. The van der Waals surface area contributed by atoms with Gasteiger partial charge in [-0.15, -0.1) is 0 Å². The molecule has 0 aliphatic rings. The van der Waals surface area contributed by atoms with Crippen LogP contribution in [0.15, 0.2) is 24.3 Å². The summed E-state index contributed by atoms with van der Waals surface area (Å²) in [6, 6.07) is 7.51. The van der Waals surface area contributed by atoms with Gasteiger partial charge in [-0.3, -0.25) is 4.79 Å². The van der Waals surface area contributed by atoms with Crippen LogP contribution in [0.4, 0.5) is 0 Å². The van der Waals surface area contributed by atoms with E-state index in [1.807, 2.05) is 38.2 Å². The van der Waals surface area contributed by atoms with Crippen LogP contribution in [-0.4, -0.2) is 19.5 Å². The molecule has 1 aromatic carbocycles. The molecule has 0 aliphatic carbocycles. The Morgan fingerprint density at radius 1 is 1.50 bits per heavy atom. The monoisotopic (exact) mass is 240 g/mol. The summed E-state index contributed by atoms with van der Waals surface area (Å²) in [6.45, 7) is 2.64. The molecule has 0 unspecified atom stereocenters. The predicted octanol–water partition coefficient (Wildman–Crippen LogP) is 2.13. The van der Waals surface area contributed by atoms with Gasteiger partial charge >= 0.3 is 0 Å². The number of hydrogen-bond donors (Lipinski definition) is 2. The maximum Gasteiger partial charge on any atom is 0.221 e. The van der Waals surface area contributed by atoms with Crippen molar-refractivity contribution in [3.05, 3.63) is 34.9 Å². The third kappa shape index (κ3) is 4.21. The van der Waals surface area contributed by atoms with E-state index in [9.17, 15) is 4.79 Å². The molecule has 0 heterocycles. The average molecular weight is 241 g/mol. The van der Waals surface area contributed by atoms with Gasteiger partial charge in [-0.2, -0.15) is 0 Å². The molecule has 1 atom stereocenters. The number of halogens is 1. The first-order chi connectivity index (χ1) is 7.63. The van der Waals surface area contributed by atoms with Gasteiger partial charge in [0.05, 0.1) is 6.04 Å². The van der Waals surface area contributed by atoms with Crippen LogP contribution in [0.2, 0.25) is 5.02 Å². The van der Waals surface area contributed by atoms with Crippen molar-refractivity contribution >= 4 is 17.5 Å². The van der Waals surface area contributed by atoms with Gasteiger partial charge in [0.2, 0.25) is 5.91 Å². The molecule has 1 amide bonds. The van der Waals surface area contributed by atoms with Crippen molar-refractivity contribution in [2.45, 2.75) is 19.4 Å². The molecule has 88 valence electrons. The van der Waals surface area contributed by atoms with Gasteiger partial charge in [-0.05, 0) is 31.7 Å². The van der Waals surface area contributed by atoms with Crippen molar-refractivity contribution in [3.63, 3.8) is 0 Å². The third-order valence-electron chi connectivity index (χ3n) is 2.33. The summed E-state index contributed by atoms with van der Waals surface area (Å²) in [5.41, 5.74) is 1.02. The Labute approximate surface area is 101 Å². The first kappa shape index (κ1) is 13.0. The highest BCUT2D eigenvalue weighted by Crippen LogP contribution is 2.17. The van der Waals surface area contributed by atoms with Gasteiger partial charge in [0, 0.05) is 18.0 Å². The Bertz CT molecular complexity index is 355. The number of rotatable bonds is 5. The largest absolute Gasteiger partial charge is 0.350 e. The van der Waals surface area contributed by atoms with Crippen LogP contribution in [-0.2, 0) is 4.79 Å². The zero-order valence-corrected chi connectivity index (χ0v) is 10.3. The maximum absolute atomic E-state index is 11.5. The molecule has 2 N–H and O–H groups in total. The fourth-order valence-corrected chi connectivity index (χ4v) is 1.61. The molecule has 0 bridgehead atoms. The molecule has 0 aromatic heterocycles. The van der Waals surface area contributed by atoms with E-state index in [1.165, 1.54) is 0 Å². The van der Waals surface area contributed by atoms with E-state index in [1.54, 1.807) is 0 Å². The smallest absolute Gasteiger partial charge is 0.221 e. The molecule has 4 heteroatoms. The lowest BCUT2D eigenvalue weighted by atomic mass is 10.1. The fourth-order valence-electron chi connectivity index (χ4n) is 1.41. The lowest BCUT2D eigenvalue weighted by Gasteiger charge is -2.14. The molecule has 0 saturated heterocycles. The molecule has 1 rings (SSSR count). The summed E-state index contributed by atoms with van der Waals surface area (Å²) in [6.07, 6.45) is 0.488. The van der Waals surface area contributed by atoms with Gasteiger partial charge in [0.15, 0.2) is 0 Å². The van der Waals surface area contributed by atoms with E-state index >= 15 is 0 Å². The van der Waals surface area contributed by atoms with Gasteiger partial charge in [-0.25, -0.2) is 0 Å². The molecule has 3 nitrogen and oxygen atoms in total. The van der Waals surface area contributed by atoms with Gasteiger partial charge in [0.1, 0.15) is 0 Å². The number of amides is 1. The molecule has 0 saturated carbocycles. The van der Waals surface area contributed by atoms with E-state index in [4.69, 9.17) is 11.6 Å². The van der Waals surface area contributed by atoms with Crippen molar-refractivity contribution < 1.29 is 4.79 Å². The minimum Gasteiger partial charge on any atom is -0.350 e. The average Bonchev–Trinajstić information content (AvgIpc) is 2.26. The van der Waals surface area contributed by atoms with Crippen molar-refractivity contribution in [2.75, 3.05) is 13.6 Å². The Morgan fingerprint density at radius 2 is 2.25 bits per heavy atom. The minimum absolute atomic E-state index is 0.0111. The zero-order chi connectivity index (χ0) is 12.0. The Morgan fingerprint density at radius 3 is 2.88 bits per heavy atom. The van der Waals surface area contributed by atoms with Crippen LogP contribution in [0.1, 0.15) is 24.9 Å². The quantitative estimate of drug-likeness (QED) is 0.828. The van der Waals surface area contributed by atoms with Crippen LogP contribution in [0, 0.1) is 0 Å². The Kier molecular flexibility index (Phi) is 5.29. The second kappa shape index (κ2) is 6.51. The lowest BCUT2D eigenvalue weighted by molar-refractivity contribution is -0.121. The number of carbonyl (C=O) groups excluding carboxylic acids is 1. The second-order valence-electron chi connectivity index (χ2n) is 3.70. The van der Waals surface area contributed by atoms with Crippen LogP contribution in [0.25, 0.3) is 0 Å². The van der Waals surface area contributed by atoms with E-state index in [-0.39, 0.29) is 11.9 Å². The van der Waals surface area contributed by atoms with Crippen LogP contribution >= 0.6 is 11.6 Å². The molecule has 0 spiro atoms. The standard InChI is InChI=1S/C12H17ClN2O/c1-9(15-12(16)6-7-14-2)10-4-3-5-11(13)8-10/h3-5,8-9,14H,6-7H2,1-2H3,(H,15,16)/t9-/m0/s1. The van der Waals surface area contributed by atoms with Crippen LogP contribution < -0.4 is 10.6 Å². The lowest BCUT2D eigenvalue weighted by Crippen LogP contribution is -2.29. The van der Waals surface area contributed by atoms with Crippen molar-refractivity contribution in [2.24, 2.45) is 0 Å². The summed E-state index contributed by atoms with van der Waals surface area (Å²) in [5.74, 6) is 0.0434. The highest BCUT2D eigenvalue weighted by Gasteiger charge is 2.08. The number of nitrogens with one attached hydrogen (secondary N) is 2. The third-order valence-corrected chi connectivity index (χ3v) is 2.56.